The molecule has 0 spiro atoms. The normalized spacial score (nSPS) is 11.8. The number of urea groups is 1. The SMILES string of the molecule is Cc1cnccc1NC(=O)Nc1ccc(C(C)N)cc1. The van der Waals surface area contributed by atoms with Gasteiger partial charge in [0.25, 0.3) is 0 Å². The van der Waals surface area contributed by atoms with Crippen LogP contribution < -0.4 is 16.4 Å². The van der Waals surface area contributed by atoms with Crippen LogP contribution in [0.5, 0.6) is 0 Å². The first-order valence-corrected chi connectivity index (χ1v) is 6.40. The van der Waals surface area contributed by atoms with Crippen molar-refractivity contribution in [2.45, 2.75) is 19.9 Å². The van der Waals surface area contributed by atoms with E-state index in [-0.39, 0.29) is 12.1 Å². The number of nitrogens with two attached hydrogens (primary N) is 1. The van der Waals surface area contributed by atoms with Crippen LogP contribution >= 0.6 is 0 Å². The smallest absolute Gasteiger partial charge is 0.323 e. The number of rotatable bonds is 3. The summed E-state index contributed by atoms with van der Waals surface area (Å²) in [6.45, 7) is 3.81. The number of anilines is 2. The van der Waals surface area contributed by atoms with Gasteiger partial charge in [0, 0.05) is 29.8 Å². The summed E-state index contributed by atoms with van der Waals surface area (Å²) in [4.78, 5) is 15.9. The summed E-state index contributed by atoms with van der Waals surface area (Å²) < 4.78 is 0. The van der Waals surface area contributed by atoms with Gasteiger partial charge in [0.15, 0.2) is 0 Å². The number of benzene rings is 1. The Bertz CT molecular complexity index is 593. The van der Waals surface area contributed by atoms with E-state index >= 15 is 0 Å². The summed E-state index contributed by atoms with van der Waals surface area (Å²) in [7, 11) is 0. The second-order valence-electron chi connectivity index (χ2n) is 4.68. The van der Waals surface area contributed by atoms with E-state index in [1.54, 1.807) is 18.5 Å². The average Bonchev–Trinajstić information content (AvgIpc) is 2.42. The highest BCUT2D eigenvalue weighted by Crippen LogP contribution is 2.15. The zero-order valence-electron chi connectivity index (χ0n) is 11.6. The Labute approximate surface area is 118 Å². The Balaban J connectivity index is 1.99. The third-order valence-electron chi connectivity index (χ3n) is 2.96. The van der Waals surface area contributed by atoms with Gasteiger partial charge < -0.3 is 16.4 Å². The second kappa shape index (κ2) is 6.16. The lowest BCUT2D eigenvalue weighted by Crippen LogP contribution is -2.20. The number of nitrogens with one attached hydrogen (secondary N) is 2. The lowest BCUT2D eigenvalue weighted by molar-refractivity contribution is 0.262. The lowest BCUT2D eigenvalue weighted by atomic mass is 10.1. The van der Waals surface area contributed by atoms with Crippen LogP contribution in [0.25, 0.3) is 0 Å². The molecule has 104 valence electrons. The Morgan fingerprint density at radius 1 is 1.20 bits per heavy atom. The van der Waals surface area contributed by atoms with Gasteiger partial charge in [-0.1, -0.05) is 12.1 Å². The van der Waals surface area contributed by atoms with Gasteiger partial charge in [-0.15, -0.1) is 0 Å². The number of aromatic nitrogens is 1. The predicted octanol–water partition coefficient (Wildman–Crippen LogP) is 3.05. The van der Waals surface area contributed by atoms with Crippen molar-refractivity contribution in [1.29, 1.82) is 0 Å². The molecule has 0 radical (unpaired) electrons. The number of carbonyl (C=O) groups is 1. The molecule has 5 nitrogen and oxygen atoms in total. The first-order chi connectivity index (χ1) is 9.56. The summed E-state index contributed by atoms with van der Waals surface area (Å²) in [5, 5.41) is 5.55. The van der Waals surface area contributed by atoms with Gasteiger partial charge >= 0.3 is 6.03 Å². The fourth-order valence-corrected chi connectivity index (χ4v) is 1.77. The highest BCUT2D eigenvalue weighted by Gasteiger charge is 2.05. The fraction of sp³-hybridized carbons (Fsp3) is 0.200. The molecule has 20 heavy (non-hydrogen) atoms. The van der Waals surface area contributed by atoms with E-state index in [1.807, 2.05) is 38.1 Å². The topological polar surface area (TPSA) is 80.0 Å². The maximum Gasteiger partial charge on any atom is 0.323 e. The Morgan fingerprint density at radius 2 is 1.90 bits per heavy atom. The van der Waals surface area contributed by atoms with E-state index in [0.717, 1.165) is 22.5 Å². The number of hydrogen-bond acceptors (Lipinski definition) is 3. The Kier molecular flexibility index (Phi) is 4.32. The molecule has 1 unspecified atom stereocenters. The summed E-state index contributed by atoms with van der Waals surface area (Å²) >= 11 is 0. The van der Waals surface area contributed by atoms with Crippen LogP contribution in [0.2, 0.25) is 0 Å². The van der Waals surface area contributed by atoms with Crippen molar-refractivity contribution in [2.24, 2.45) is 5.73 Å². The maximum absolute atomic E-state index is 11.9. The second-order valence-corrected chi connectivity index (χ2v) is 4.68. The number of pyridine rings is 1. The van der Waals surface area contributed by atoms with Gasteiger partial charge in [-0.05, 0) is 43.2 Å². The van der Waals surface area contributed by atoms with Crippen LogP contribution in [0.1, 0.15) is 24.1 Å². The molecular weight excluding hydrogens is 252 g/mol. The highest BCUT2D eigenvalue weighted by atomic mass is 16.2. The Hall–Kier alpha value is -2.40. The summed E-state index contributed by atoms with van der Waals surface area (Å²) in [6, 6.07) is 8.92. The molecule has 0 bridgehead atoms. The standard InChI is InChI=1S/C15H18N4O/c1-10-9-17-8-7-14(10)19-15(20)18-13-5-3-12(4-6-13)11(2)16/h3-9,11H,16H2,1-2H3,(H2,17,18,19,20). The van der Waals surface area contributed by atoms with Crippen molar-refractivity contribution in [2.75, 3.05) is 10.6 Å². The quantitative estimate of drug-likeness (QED) is 0.802. The maximum atomic E-state index is 11.9. The molecule has 0 saturated carbocycles. The molecule has 0 saturated heterocycles. The first kappa shape index (κ1) is 14.0. The van der Waals surface area contributed by atoms with E-state index < -0.39 is 0 Å². The van der Waals surface area contributed by atoms with E-state index in [1.165, 1.54) is 0 Å². The molecule has 0 aliphatic carbocycles. The zero-order valence-corrected chi connectivity index (χ0v) is 11.6. The van der Waals surface area contributed by atoms with Gasteiger partial charge in [-0.3, -0.25) is 4.98 Å². The minimum absolute atomic E-state index is 0.0163. The van der Waals surface area contributed by atoms with E-state index in [9.17, 15) is 4.79 Å². The van der Waals surface area contributed by atoms with Gasteiger partial charge in [0.05, 0.1) is 0 Å². The molecule has 2 aromatic rings. The molecular formula is C15H18N4O. The van der Waals surface area contributed by atoms with Crippen molar-refractivity contribution in [3.05, 3.63) is 53.9 Å². The first-order valence-electron chi connectivity index (χ1n) is 6.40. The molecule has 0 aliphatic heterocycles. The van der Waals surface area contributed by atoms with Gasteiger partial charge in [0.2, 0.25) is 0 Å². The van der Waals surface area contributed by atoms with Gasteiger partial charge in [-0.25, -0.2) is 4.79 Å². The van der Waals surface area contributed by atoms with E-state index in [4.69, 9.17) is 5.73 Å². The summed E-state index contributed by atoms with van der Waals surface area (Å²) in [6.07, 6.45) is 3.34. The van der Waals surface area contributed by atoms with Crippen molar-refractivity contribution in [3.8, 4) is 0 Å². The number of aryl methyl sites for hydroxylation is 1. The molecule has 1 atom stereocenters. The monoisotopic (exact) mass is 270 g/mol. The molecule has 0 fully saturated rings. The minimum atomic E-state index is -0.284. The van der Waals surface area contributed by atoms with Crippen LogP contribution in [0.4, 0.5) is 16.2 Å². The summed E-state index contributed by atoms with van der Waals surface area (Å²) in [5.74, 6) is 0. The molecule has 1 heterocycles. The number of amides is 2. The fourth-order valence-electron chi connectivity index (χ4n) is 1.77. The Morgan fingerprint density at radius 3 is 2.50 bits per heavy atom. The molecule has 4 N–H and O–H groups in total. The largest absolute Gasteiger partial charge is 0.324 e. The summed E-state index contributed by atoms with van der Waals surface area (Å²) in [5.41, 5.74) is 9.18. The van der Waals surface area contributed by atoms with Crippen molar-refractivity contribution >= 4 is 17.4 Å². The number of nitrogens with zero attached hydrogens (tertiary/aromatic N) is 1. The van der Waals surface area contributed by atoms with Crippen LogP contribution in [0.15, 0.2) is 42.7 Å². The lowest BCUT2D eigenvalue weighted by Gasteiger charge is -2.10. The van der Waals surface area contributed by atoms with Crippen molar-refractivity contribution < 1.29 is 4.79 Å². The molecule has 2 amide bonds. The molecule has 5 heteroatoms. The highest BCUT2D eigenvalue weighted by molar-refractivity contribution is 6.00. The van der Waals surface area contributed by atoms with Crippen LogP contribution in [-0.4, -0.2) is 11.0 Å². The third-order valence-corrected chi connectivity index (χ3v) is 2.96. The average molecular weight is 270 g/mol. The van der Waals surface area contributed by atoms with Gasteiger partial charge in [0.1, 0.15) is 0 Å². The van der Waals surface area contributed by atoms with E-state index in [0.29, 0.717) is 0 Å². The number of hydrogen-bond donors (Lipinski definition) is 3. The zero-order chi connectivity index (χ0) is 14.5. The van der Waals surface area contributed by atoms with Crippen molar-refractivity contribution in [1.82, 2.24) is 4.98 Å². The third kappa shape index (κ3) is 3.55. The van der Waals surface area contributed by atoms with E-state index in [2.05, 4.69) is 15.6 Å². The predicted molar refractivity (Wildman–Crippen MR) is 80.7 cm³/mol. The van der Waals surface area contributed by atoms with Crippen LogP contribution in [0.3, 0.4) is 0 Å². The van der Waals surface area contributed by atoms with Crippen molar-refractivity contribution in [3.63, 3.8) is 0 Å². The molecule has 1 aromatic heterocycles. The number of carbonyl (C=O) groups excluding carboxylic acids is 1. The minimum Gasteiger partial charge on any atom is -0.324 e. The van der Waals surface area contributed by atoms with Crippen LogP contribution in [-0.2, 0) is 0 Å². The molecule has 0 aliphatic rings. The molecule has 1 aromatic carbocycles. The molecule has 2 rings (SSSR count). The van der Waals surface area contributed by atoms with Gasteiger partial charge in [-0.2, -0.15) is 0 Å². The van der Waals surface area contributed by atoms with Crippen LogP contribution in [0, 0.1) is 6.92 Å².